The number of carbonyl (C=O) groups is 1. The molecule has 1 atom stereocenters. The van der Waals surface area contributed by atoms with E-state index >= 15 is 0 Å². The minimum absolute atomic E-state index is 0.0617. The number of aryl methyl sites for hydroxylation is 1. The van der Waals surface area contributed by atoms with Crippen molar-refractivity contribution in [1.82, 2.24) is 5.32 Å². The topological polar surface area (TPSA) is 64.3 Å². The number of amides is 1. The summed E-state index contributed by atoms with van der Waals surface area (Å²) in [5.41, 5.74) is 6.38. The summed E-state index contributed by atoms with van der Waals surface area (Å²) < 4.78 is 4.95. The van der Waals surface area contributed by atoms with Gasteiger partial charge in [-0.2, -0.15) is 0 Å². The predicted octanol–water partition coefficient (Wildman–Crippen LogP) is 1.79. The van der Waals surface area contributed by atoms with Crippen LogP contribution in [0.1, 0.15) is 27.9 Å². The summed E-state index contributed by atoms with van der Waals surface area (Å²) in [6, 6.07) is 1.83. The van der Waals surface area contributed by atoms with E-state index in [1.807, 2.05) is 13.8 Å². The van der Waals surface area contributed by atoms with E-state index in [1.54, 1.807) is 13.2 Å². The number of rotatable bonds is 5. The molecule has 3 N–H and O–H groups in total. The molecule has 1 aromatic rings. The fraction of sp³-hybridized carbons (Fsp3) is 0.545. The van der Waals surface area contributed by atoms with Crippen LogP contribution in [0.2, 0.25) is 0 Å². The van der Waals surface area contributed by atoms with E-state index in [0.29, 0.717) is 17.2 Å². The molecule has 0 aliphatic rings. The lowest BCUT2D eigenvalue weighted by molar-refractivity contribution is 0.0933. The van der Waals surface area contributed by atoms with Gasteiger partial charge in [-0.3, -0.25) is 4.79 Å². The summed E-state index contributed by atoms with van der Waals surface area (Å²) >= 11 is 1.42. The van der Waals surface area contributed by atoms with E-state index in [4.69, 9.17) is 10.5 Å². The van der Waals surface area contributed by atoms with Gasteiger partial charge in [0.25, 0.3) is 5.91 Å². The van der Waals surface area contributed by atoms with E-state index < -0.39 is 0 Å². The number of nitrogens with two attached hydrogens (primary N) is 1. The van der Waals surface area contributed by atoms with Crippen molar-refractivity contribution in [2.24, 2.45) is 0 Å². The zero-order valence-corrected chi connectivity index (χ0v) is 10.7. The quantitative estimate of drug-likeness (QED) is 0.827. The van der Waals surface area contributed by atoms with Crippen molar-refractivity contribution in [1.29, 1.82) is 0 Å². The zero-order valence-electron chi connectivity index (χ0n) is 9.87. The molecule has 1 amide bonds. The first-order valence-corrected chi connectivity index (χ1v) is 6.02. The molecule has 0 bridgehead atoms. The number of thiophene rings is 1. The molecule has 0 aliphatic heterocycles. The molecule has 0 aliphatic carbocycles. The van der Waals surface area contributed by atoms with Crippen LogP contribution in [0, 0.1) is 6.92 Å². The highest BCUT2D eigenvalue weighted by molar-refractivity contribution is 7.14. The van der Waals surface area contributed by atoms with Gasteiger partial charge in [-0.15, -0.1) is 11.3 Å². The van der Waals surface area contributed by atoms with Crippen LogP contribution < -0.4 is 11.1 Å². The third-order valence-electron chi connectivity index (χ3n) is 2.31. The second kappa shape index (κ2) is 5.86. The van der Waals surface area contributed by atoms with Crippen LogP contribution in [-0.4, -0.2) is 25.7 Å². The van der Waals surface area contributed by atoms with Crippen LogP contribution in [0.3, 0.4) is 0 Å². The first-order chi connectivity index (χ1) is 7.54. The van der Waals surface area contributed by atoms with Gasteiger partial charge in [0.2, 0.25) is 0 Å². The van der Waals surface area contributed by atoms with E-state index in [2.05, 4.69) is 5.32 Å². The van der Waals surface area contributed by atoms with Crippen molar-refractivity contribution in [2.75, 3.05) is 19.5 Å². The number of nitrogen functional groups attached to an aromatic ring is 1. The zero-order chi connectivity index (χ0) is 12.1. The molecule has 1 heterocycles. The summed E-state index contributed by atoms with van der Waals surface area (Å²) in [6.07, 6.45) is 0.808. The highest BCUT2D eigenvalue weighted by atomic mass is 32.1. The summed E-state index contributed by atoms with van der Waals surface area (Å²) in [5.74, 6) is -0.0617. The number of hydrogen-bond donors (Lipinski definition) is 2. The van der Waals surface area contributed by atoms with Crippen molar-refractivity contribution < 1.29 is 9.53 Å². The summed E-state index contributed by atoms with van der Waals surface area (Å²) in [5, 5.41) is 2.91. The standard InChI is InChI=1S/C11H18N2O2S/c1-7(4-5-15-3)13-11(14)10-6-9(12)8(2)16-10/h6-7H,4-5,12H2,1-3H3,(H,13,14). The molecule has 90 valence electrons. The van der Waals surface area contributed by atoms with Gasteiger partial charge in [0.15, 0.2) is 0 Å². The summed E-state index contributed by atoms with van der Waals surface area (Å²) in [7, 11) is 1.65. The Morgan fingerprint density at radius 2 is 2.38 bits per heavy atom. The maximum absolute atomic E-state index is 11.8. The SMILES string of the molecule is COCCC(C)NC(=O)c1cc(N)c(C)s1. The number of anilines is 1. The van der Waals surface area contributed by atoms with Crippen LogP contribution >= 0.6 is 11.3 Å². The molecule has 16 heavy (non-hydrogen) atoms. The van der Waals surface area contributed by atoms with Gasteiger partial charge in [0.1, 0.15) is 0 Å². The predicted molar refractivity (Wildman–Crippen MR) is 66.9 cm³/mol. The first-order valence-electron chi connectivity index (χ1n) is 5.20. The average Bonchev–Trinajstić information content (AvgIpc) is 2.56. The molecule has 0 saturated heterocycles. The van der Waals surface area contributed by atoms with E-state index in [1.165, 1.54) is 11.3 Å². The van der Waals surface area contributed by atoms with Crippen molar-refractivity contribution in [3.05, 3.63) is 15.8 Å². The van der Waals surface area contributed by atoms with Gasteiger partial charge in [-0.25, -0.2) is 0 Å². The van der Waals surface area contributed by atoms with Crippen LogP contribution in [0.4, 0.5) is 5.69 Å². The molecule has 1 rings (SSSR count). The van der Waals surface area contributed by atoms with Gasteiger partial charge in [0, 0.05) is 30.3 Å². The van der Waals surface area contributed by atoms with Gasteiger partial charge in [0.05, 0.1) is 4.88 Å². The number of carbonyl (C=O) groups excluding carboxylic acids is 1. The fourth-order valence-electron chi connectivity index (χ4n) is 1.27. The molecular formula is C11H18N2O2S. The van der Waals surface area contributed by atoms with E-state index in [0.717, 1.165) is 11.3 Å². The Kier molecular flexibility index (Phi) is 4.76. The van der Waals surface area contributed by atoms with Gasteiger partial charge >= 0.3 is 0 Å². The fourth-order valence-corrected chi connectivity index (χ4v) is 2.11. The molecule has 1 aromatic heterocycles. The van der Waals surface area contributed by atoms with Crippen LogP contribution in [0.15, 0.2) is 6.07 Å². The molecule has 0 aromatic carbocycles. The van der Waals surface area contributed by atoms with Crippen LogP contribution in [0.5, 0.6) is 0 Å². The maximum atomic E-state index is 11.8. The lowest BCUT2D eigenvalue weighted by Gasteiger charge is -2.12. The van der Waals surface area contributed by atoms with E-state index in [9.17, 15) is 4.79 Å². The van der Waals surface area contributed by atoms with Crippen molar-refractivity contribution in [2.45, 2.75) is 26.3 Å². The van der Waals surface area contributed by atoms with Crippen molar-refractivity contribution >= 4 is 22.9 Å². The van der Waals surface area contributed by atoms with Gasteiger partial charge in [-0.05, 0) is 26.3 Å². The average molecular weight is 242 g/mol. The summed E-state index contributed by atoms with van der Waals surface area (Å²) in [4.78, 5) is 13.4. The largest absolute Gasteiger partial charge is 0.398 e. The van der Waals surface area contributed by atoms with Crippen LogP contribution in [0.25, 0.3) is 0 Å². The molecule has 0 saturated carbocycles. The Balaban J connectivity index is 2.52. The number of methoxy groups -OCH3 is 1. The molecule has 4 nitrogen and oxygen atoms in total. The molecule has 0 radical (unpaired) electrons. The maximum Gasteiger partial charge on any atom is 0.261 e. The molecule has 5 heteroatoms. The lowest BCUT2D eigenvalue weighted by Crippen LogP contribution is -2.32. The number of ether oxygens (including phenoxy) is 1. The van der Waals surface area contributed by atoms with Gasteiger partial charge in [-0.1, -0.05) is 0 Å². The normalized spacial score (nSPS) is 12.4. The Morgan fingerprint density at radius 3 is 2.88 bits per heavy atom. The van der Waals surface area contributed by atoms with E-state index in [-0.39, 0.29) is 11.9 Å². The summed E-state index contributed by atoms with van der Waals surface area (Å²) in [6.45, 7) is 4.51. The molecule has 0 fully saturated rings. The monoisotopic (exact) mass is 242 g/mol. The molecular weight excluding hydrogens is 224 g/mol. The Morgan fingerprint density at radius 1 is 1.69 bits per heavy atom. The van der Waals surface area contributed by atoms with Crippen molar-refractivity contribution in [3.63, 3.8) is 0 Å². The minimum atomic E-state index is -0.0617. The number of hydrogen-bond acceptors (Lipinski definition) is 4. The molecule has 0 spiro atoms. The van der Waals surface area contributed by atoms with Crippen LogP contribution in [-0.2, 0) is 4.74 Å². The Bertz CT molecular complexity index is 343. The highest BCUT2D eigenvalue weighted by Crippen LogP contribution is 2.23. The Labute approximate surface area is 99.8 Å². The smallest absolute Gasteiger partial charge is 0.261 e. The Hall–Kier alpha value is -1.07. The third kappa shape index (κ3) is 3.50. The molecule has 1 unspecified atom stereocenters. The highest BCUT2D eigenvalue weighted by Gasteiger charge is 2.13. The van der Waals surface area contributed by atoms with Gasteiger partial charge < -0.3 is 15.8 Å². The lowest BCUT2D eigenvalue weighted by atomic mass is 10.2. The number of nitrogens with one attached hydrogen (secondary N) is 1. The first kappa shape index (κ1) is 13.0. The third-order valence-corrected chi connectivity index (χ3v) is 3.38. The second-order valence-electron chi connectivity index (χ2n) is 3.78. The van der Waals surface area contributed by atoms with Crippen molar-refractivity contribution in [3.8, 4) is 0 Å². The second-order valence-corrected chi connectivity index (χ2v) is 5.03. The minimum Gasteiger partial charge on any atom is -0.398 e.